The number of nitrogens with one attached hydrogen (secondary N) is 1. The predicted octanol–water partition coefficient (Wildman–Crippen LogP) is 1.16. The smallest absolute Gasteiger partial charge is 0.222 e. The maximum Gasteiger partial charge on any atom is 0.222 e. The lowest BCUT2D eigenvalue weighted by Gasteiger charge is -2.38. The fraction of sp³-hybridized carbons (Fsp3) is 0.867. The second kappa shape index (κ2) is 7.62. The molecule has 1 aliphatic rings. The Morgan fingerprint density at radius 2 is 2.00 bits per heavy atom. The van der Waals surface area contributed by atoms with E-state index in [4.69, 9.17) is 0 Å². The number of aliphatic hydroxyl groups excluding tert-OH is 1. The molecular weight excluding hydrogens is 256 g/mol. The van der Waals surface area contributed by atoms with E-state index in [1.165, 1.54) is 0 Å². The molecule has 1 fully saturated rings. The number of amides is 2. The standard InChI is InChI=1S/C15H28N2O3/c1-5-14(19)7-12-6-13(16-15(20)10(2)3)9-17(8-12)11(4)18/h10,12-14,19H,5-9H2,1-4H3,(H,16,20). The molecule has 0 aromatic rings. The average molecular weight is 284 g/mol. The van der Waals surface area contributed by atoms with Crippen molar-refractivity contribution in [2.24, 2.45) is 11.8 Å². The molecule has 5 nitrogen and oxygen atoms in total. The zero-order chi connectivity index (χ0) is 15.3. The average Bonchev–Trinajstić information content (AvgIpc) is 2.37. The van der Waals surface area contributed by atoms with Crippen LogP contribution in [0.3, 0.4) is 0 Å². The monoisotopic (exact) mass is 284 g/mol. The summed E-state index contributed by atoms with van der Waals surface area (Å²) in [5.41, 5.74) is 0. The molecule has 3 unspecified atom stereocenters. The number of carbonyl (C=O) groups excluding carboxylic acids is 2. The molecule has 20 heavy (non-hydrogen) atoms. The summed E-state index contributed by atoms with van der Waals surface area (Å²) in [7, 11) is 0. The highest BCUT2D eigenvalue weighted by molar-refractivity contribution is 5.78. The van der Waals surface area contributed by atoms with E-state index in [1.807, 2.05) is 20.8 Å². The third kappa shape index (κ3) is 5.12. The van der Waals surface area contributed by atoms with E-state index < -0.39 is 0 Å². The van der Waals surface area contributed by atoms with E-state index in [1.54, 1.807) is 11.8 Å². The van der Waals surface area contributed by atoms with Gasteiger partial charge in [-0.2, -0.15) is 0 Å². The Kier molecular flexibility index (Phi) is 6.46. The molecule has 1 rings (SSSR count). The third-order valence-electron chi connectivity index (χ3n) is 3.93. The predicted molar refractivity (Wildman–Crippen MR) is 78.0 cm³/mol. The first-order valence-corrected chi connectivity index (χ1v) is 7.57. The zero-order valence-electron chi connectivity index (χ0n) is 13.1. The fourth-order valence-electron chi connectivity index (χ4n) is 2.66. The minimum Gasteiger partial charge on any atom is -0.393 e. The number of hydrogen-bond donors (Lipinski definition) is 2. The van der Waals surface area contributed by atoms with Crippen LogP contribution in [0.15, 0.2) is 0 Å². The Morgan fingerprint density at radius 1 is 1.35 bits per heavy atom. The lowest BCUT2D eigenvalue weighted by Crippen LogP contribution is -2.53. The Morgan fingerprint density at radius 3 is 2.50 bits per heavy atom. The van der Waals surface area contributed by atoms with E-state index in [-0.39, 0.29) is 35.8 Å². The van der Waals surface area contributed by atoms with Crippen LogP contribution in [-0.4, -0.2) is 47.1 Å². The molecule has 1 heterocycles. The molecule has 0 bridgehead atoms. The maximum atomic E-state index is 11.8. The molecule has 0 aromatic carbocycles. The summed E-state index contributed by atoms with van der Waals surface area (Å²) in [4.78, 5) is 25.2. The quantitative estimate of drug-likeness (QED) is 0.796. The number of carbonyl (C=O) groups is 2. The normalized spacial score (nSPS) is 24.6. The van der Waals surface area contributed by atoms with Gasteiger partial charge >= 0.3 is 0 Å². The number of likely N-dealkylation sites (tertiary alicyclic amines) is 1. The molecule has 0 spiro atoms. The number of piperidine rings is 1. The first kappa shape index (κ1) is 17.0. The van der Waals surface area contributed by atoms with Gasteiger partial charge in [-0.05, 0) is 25.2 Å². The number of hydrogen-bond acceptors (Lipinski definition) is 3. The summed E-state index contributed by atoms with van der Waals surface area (Å²) in [6, 6.07) is -0.00314. The van der Waals surface area contributed by atoms with Crippen molar-refractivity contribution in [1.29, 1.82) is 0 Å². The van der Waals surface area contributed by atoms with Crippen molar-refractivity contribution in [3.05, 3.63) is 0 Å². The van der Waals surface area contributed by atoms with Crippen molar-refractivity contribution in [3.8, 4) is 0 Å². The van der Waals surface area contributed by atoms with E-state index in [9.17, 15) is 14.7 Å². The highest BCUT2D eigenvalue weighted by atomic mass is 16.3. The van der Waals surface area contributed by atoms with Crippen LogP contribution in [0.25, 0.3) is 0 Å². The van der Waals surface area contributed by atoms with Crippen LogP contribution in [0.5, 0.6) is 0 Å². The molecule has 1 aliphatic heterocycles. The lowest BCUT2D eigenvalue weighted by atomic mass is 9.88. The van der Waals surface area contributed by atoms with Crippen LogP contribution in [0.2, 0.25) is 0 Å². The largest absolute Gasteiger partial charge is 0.393 e. The Labute approximate surface area is 121 Å². The van der Waals surface area contributed by atoms with E-state index in [2.05, 4.69) is 5.32 Å². The van der Waals surface area contributed by atoms with Crippen molar-refractivity contribution in [2.75, 3.05) is 13.1 Å². The fourth-order valence-corrected chi connectivity index (χ4v) is 2.66. The van der Waals surface area contributed by atoms with Gasteiger partial charge in [-0.15, -0.1) is 0 Å². The van der Waals surface area contributed by atoms with Crippen molar-refractivity contribution in [1.82, 2.24) is 10.2 Å². The van der Waals surface area contributed by atoms with Gasteiger partial charge in [-0.25, -0.2) is 0 Å². The molecule has 116 valence electrons. The summed E-state index contributed by atoms with van der Waals surface area (Å²) in [5, 5.41) is 12.8. The Bertz CT molecular complexity index is 344. The number of rotatable bonds is 5. The first-order valence-electron chi connectivity index (χ1n) is 7.57. The molecule has 0 aliphatic carbocycles. The van der Waals surface area contributed by atoms with Crippen LogP contribution in [-0.2, 0) is 9.59 Å². The van der Waals surface area contributed by atoms with E-state index in [0.717, 1.165) is 12.8 Å². The van der Waals surface area contributed by atoms with Gasteiger partial charge in [0.05, 0.1) is 6.10 Å². The van der Waals surface area contributed by atoms with Crippen LogP contribution in [0, 0.1) is 11.8 Å². The summed E-state index contributed by atoms with van der Waals surface area (Å²) in [6.45, 7) is 8.49. The molecule has 0 radical (unpaired) electrons. The zero-order valence-corrected chi connectivity index (χ0v) is 13.1. The summed E-state index contributed by atoms with van der Waals surface area (Å²) in [5.74, 6) is 0.252. The third-order valence-corrected chi connectivity index (χ3v) is 3.93. The van der Waals surface area contributed by atoms with E-state index in [0.29, 0.717) is 19.5 Å². The number of nitrogens with zero attached hydrogens (tertiary/aromatic N) is 1. The minimum absolute atomic E-state index is 0.00314. The van der Waals surface area contributed by atoms with Gasteiger partial charge in [-0.3, -0.25) is 9.59 Å². The molecule has 2 amide bonds. The van der Waals surface area contributed by atoms with Gasteiger partial charge in [0, 0.05) is 32.0 Å². The molecule has 2 N–H and O–H groups in total. The SMILES string of the molecule is CCC(O)CC1CC(NC(=O)C(C)C)CN(C(C)=O)C1. The molecule has 3 atom stereocenters. The van der Waals surface area contributed by atoms with Gasteiger partial charge in [0.1, 0.15) is 0 Å². The highest BCUT2D eigenvalue weighted by Gasteiger charge is 2.30. The first-order chi connectivity index (χ1) is 9.33. The number of aliphatic hydroxyl groups is 1. The molecule has 0 saturated carbocycles. The molecule has 0 aromatic heterocycles. The maximum absolute atomic E-state index is 11.8. The summed E-state index contributed by atoms with van der Waals surface area (Å²) >= 11 is 0. The van der Waals surface area contributed by atoms with Crippen molar-refractivity contribution >= 4 is 11.8 Å². The minimum atomic E-state index is -0.326. The second-order valence-corrected chi connectivity index (χ2v) is 6.18. The van der Waals surface area contributed by atoms with Crippen LogP contribution < -0.4 is 5.32 Å². The van der Waals surface area contributed by atoms with Gasteiger partial charge < -0.3 is 15.3 Å². The summed E-state index contributed by atoms with van der Waals surface area (Å²) in [6.07, 6.45) is 1.92. The van der Waals surface area contributed by atoms with Gasteiger partial charge in [-0.1, -0.05) is 20.8 Å². The summed E-state index contributed by atoms with van der Waals surface area (Å²) < 4.78 is 0. The van der Waals surface area contributed by atoms with Crippen molar-refractivity contribution in [2.45, 2.75) is 59.1 Å². The Hall–Kier alpha value is -1.10. The molecular formula is C15H28N2O3. The molecule has 1 saturated heterocycles. The van der Waals surface area contributed by atoms with Crippen LogP contribution >= 0.6 is 0 Å². The van der Waals surface area contributed by atoms with Crippen LogP contribution in [0.4, 0.5) is 0 Å². The second-order valence-electron chi connectivity index (χ2n) is 6.18. The van der Waals surface area contributed by atoms with Gasteiger partial charge in [0.15, 0.2) is 0 Å². The van der Waals surface area contributed by atoms with Crippen molar-refractivity contribution < 1.29 is 14.7 Å². The van der Waals surface area contributed by atoms with Gasteiger partial charge in [0.25, 0.3) is 0 Å². The molecule has 5 heteroatoms. The Balaban J connectivity index is 2.65. The van der Waals surface area contributed by atoms with E-state index >= 15 is 0 Å². The topological polar surface area (TPSA) is 69.6 Å². The highest BCUT2D eigenvalue weighted by Crippen LogP contribution is 2.22. The van der Waals surface area contributed by atoms with Crippen molar-refractivity contribution in [3.63, 3.8) is 0 Å². The van der Waals surface area contributed by atoms with Gasteiger partial charge in [0.2, 0.25) is 11.8 Å². The lowest BCUT2D eigenvalue weighted by molar-refractivity contribution is -0.133. The van der Waals surface area contributed by atoms with Crippen LogP contribution in [0.1, 0.15) is 47.0 Å².